The van der Waals surface area contributed by atoms with Gasteiger partial charge in [-0.25, -0.2) is 9.59 Å². The van der Waals surface area contributed by atoms with E-state index in [4.69, 9.17) is 5.11 Å². The second-order valence-corrected chi connectivity index (χ2v) is 4.15. The largest absolute Gasteiger partial charge is 0.478 e. The molecular weight excluding hydrogens is 276 g/mol. The van der Waals surface area contributed by atoms with Gasteiger partial charge in [-0.1, -0.05) is 19.7 Å². The van der Waals surface area contributed by atoms with Gasteiger partial charge in [-0.05, 0) is 25.7 Å². The summed E-state index contributed by atoms with van der Waals surface area (Å²) in [6.07, 6.45) is 3.14. The minimum absolute atomic E-state index is 0.299. The summed E-state index contributed by atoms with van der Waals surface area (Å²) in [5, 5.41) is 8.29. The molecule has 0 aromatic rings. The smallest absolute Gasteiger partial charge is 0.332 e. The van der Waals surface area contributed by atoms with Crippen molar-refractivity contribution in [1.82, 2.24) is 0 Å². The van der Waals surface area contributed by atoms with E-state index < -0.39 is 5.97 Å². The van der Waals surface area contributed by atoms with E-state index in [1.807, 2.05) is 0 Å². The van der Waals surface area contributed by atoms with E-state index in [2.05, 4.69) is 29.2 Å². The highest BCUT2D eigenvalue weighted by Gasteiger charge is 2.28. The van der Waals surface area contributed by atoms with Crippen LogP contribution in [0.4, 0.5) is 0 Å². The molecule has 0 heterocycles. The highest BCUT2D eigenvalue weighted by Crippen LogP contribution is 2.35. The molecule has 0 spiro atoms. The molecule has 0 saturated heterocycles. The molecule has 0 aromatic heterocycles. The van der Waals surface area contributed by atoms with Crippen molar-refractivity contribution in [2.75, 3.05) is 7.11 Å². The molecule has 0 bridgehead atoms. The lowest BCUT2D eigenvalue weighted by molar-refractivity contribution is -0.136. The van der Waals surface area contributed by atoms with Crippen molar-refractivity contribution in [2.45, 2.75) is 26.7 Å². The number of carbonyl (C=O) groups is 3. The first-order valence-corrected chi connectivity index (χ1v) is 6.11. The van der Waals surface area contributed by atoms with Crippen LogP contribution in [0.1, 0.15) is 26.7 Å². The number of esters is 2. The van der Waals surface area contributed by atoms with Crippen LogP contribution in [0.2, 0.25) is 0 Å². The van der Waals surface area contributed by atoms with E-state index in [-0.39, 0.29) is 11.9 Å². The van der Waals surface area contributed by atoms with Gasteiger partial charge in [-0.15, -0.1) is 0 Å². The second kappa shape index (κ2) is 11.5. The summed E-state index contributed by atoms with van der Waals surface area (Å²) >= 11 is 0. The summed E-state index contributed by atoms with van der Waals surface area (Å²) in [5.74, 6) is -1.22. The average Bonchev–Trinajstić information content (AvgIpc) is 3.22. The van der Waals surface area contributed by atoms with Crippen molar-refractivity contribution in [3.8, 4) is 0 Å². The van der Waals surface area contributed by atoms with Crippen LogP contribution in [0.15, 0.2) is 37.1 Å². The lowest BCUT2D eigenvalue weighted by atomic mass is 10.2. The van der Waals surface area contributed by atoms with Crippen molar-refractivity contribution in [3.05, 3.63) is 37.1 Å². The molecule has 0 aromatic carbocycles. The maximum absolute atomic E-state index is 10.2. The molecule has 6 nitrogen and oxygen atoms in total. The van der Waals surface area contributed by atoms with Crippen molar-refractivity contribution < 1.29 is 29.0 Å². The molecule has 1 saturated carbocycles. The van der Waals surface area contributed by atoms with Gasteiger partial charge in [0, 0.05) is 18.1 Å². The van der Waals surface area contributed by atoms with Gasteiger partial charge in [0.2, 0.25) is 0 Å². The molecule has 1 aliphatic carbocycles. The molecule has 0 aliphatic heterocycles. The summed E-state index contributed by atoms with van der Waals surface area (Å²) in [5.41, 5.74) is 0.813. The predicted octanol–water partition coefficient (Wildman–Crippen LogP) is 2.47. The van der Waals surface area contributed by atoms with E-state index in [1.54, 1.807) is 6.92 Å². The first-order valence-electron chi connectivity index (χ1n) is 6.11. The molecule has 0 unspecified atom stereocenters. The van der Waals surface area contributed by atoms with E-state index in [9.17, 15) is 14.4 Å². The SMILES string of the molecule is C=C(C(=O)O)C1CC1.C=C(C)C(=O)OC.C=COC(C)=O. The van der Waals surface area contributed by atoms with Crippen LogP contribution in [0.3, 0.4) is 0 Å². The third-order valence-corrected chi connectivity index (χ3v) is 2.13. The minimum atomic E-state index is -0.840. The summed E-state index contributed by atoms with van der Waals surface area (Å²) < 4.78 is 8.44. The Kier molecular flexibility index (Phi) is 11.4. The number of ether oxygens (including phenoxy) is 2. The molecule has 118 valence electrons. The fourth-order valence-corrected chi connectivity index (χ4v) is 0.898. The quantitative estimate of drug-likeness (QED) is 0.487. The summed E-state index contributed by atoms with van der Waals surface area (Å²) in [6, 6.07) is 0. The Morgan fingerprint density at radius 2 is 1.67 bits per heavy atom. The number of aliphatic carboxylic acids is 1. The normalized spacial score (nSPS) is 11.4. The Morgan fingerprint density at radius 1 is 1.19 bits per heavy atom. The third kappa shape index (κ3) is 13.9. The Morgan fingerprint density at radius 3 is 1.71 bits per heavy atom. The molecule has 0 atom stereocenters. The molecule has 0 radical (unpaired) electrons. The van der Waals surface area contributed by atoms with Crippen LogP contribution in [0.25, 0.3) is 0 Å². The molecule has 6 heteroatoms. The fourth-order valence-electron chi connectivity index (χ4n) is 0.898. The Bertz CT molecular complexity index is 418. The van der Waals surface area contributed by atoms with Crippen LogP contribution < -0.4 is 0 Å². The number of hydrogen-bond donors (Lipinski definition) is 1. The van der Waals surface area contributed by atoms with Crippen molar-refractivity contribution >= 4 is 17.9 Å². The zero-order valence-electron chi connectivity index (χ0n) is 12.7. The highest BCUT2D eigenvalue weighted by molar-refractivity contribution is 5.87. The monoisotopic (exact) mass is 298 g/mol. The lowest BCUT2D eigenvalue weighted by Gasteiger charge is -1.91. The number of rotatable bonds is 4. The van der Waals surface area contributed by atoms with Crippen molar-refractivity contribution in [2.24, 2.45) is 5.92 Å². The first kappa shape index (κ1) is 20.9. The van der Waals surface area contributed by atoms with E-state index in [1.165, 1.54) is 14.0 Å². The average molecular weight is 298 g/mol. The Hall–Kier alpha value is -2.37. The third-order valence-electron chi connectivity index (χ3n) is 2.13. The van der Waals surface area contributed by atoms with Gasteiger partial charge in [-0.3, -0.25) is 4.79 Å². The maximum atomic E-state index is 10.2. The number of carbonyl (C=O) groups excluding carboxylic acids is 2. The van der Waals surface area contributed by atoms with Gasteiger partial charge >= 0.3 is 17.9 Å². The molecule has 1 rings (SSSR count). The summed E-state index contributed by atoms with van der Waals surface area (Å²) in [6.45, 7) is 12.8. The standard InChI is InChI=1S/C6H8O2.C5H8O2.C4H6O2/c1-4(6(7)8)5-2-3-5;1-4(2)5(6)7-3;1-3-6-4(2)5/h5H,1-3H2,(H,7,8);1H2,2-3H3;3H,1H2,2H3. The van der Waals surface area contributed by atoms with Gasteiger partial charge in [0.15, 0.2) is 0 Å². The predicted molar refractivity (Wildman–Crippen MR) is 78.3 cm³/mol. The number of methoxy groups -OCH3 is 1. The summed E-state index contributed by atoms with van der Waals surface area (Å²) in [4.78, 5) is 30.0. The van der Waals surface area contributed by atoms with Crippen LogP contribution in [-0.4, -0.2) is 30.1 Å². The van der Waals surface area contributed by atoms with Crippen LogP contribution in [0, 0.1) is 5.92 Å². The second-order valence-electron chi connectivity index (χ2n) is 4.15. The van der Waals surface area contributed by atoms with E-state index >= 15 is 0 Å². The molecule has 1 fully saturated rings. The Balaban J connectivity index is 0. The van der Waals surface area contributed by atoms with Gasteiger partial charge in [0.05, 0.1) is 13.4 Å². The lowest BCUT2D eigenvalue weighted by Crippen LogP contribution is -1.99. The topological polar surface area (TPSA) is 89.9 Å². The number of hydrogen-bond acceptors (Lipinski definition) is 5. The fraction of sp³-hybridized carbons (Fsp3) is 0.400. The van der Waals surface area contributed by atoms with E-state index in [0.717, 1.165) is 19.1 Å². The Labute approximate surface area is 124 Å². The van der Waals surface area contributed by atoms with Crippen LogP contribution >= 0.6 is 0 Å². The van der Waals surface area contributed by atoms with Crippen LogP contribution in [-0.2, 0) is 23.9 Å². The van der Waals surface area contributed by atoms with Gasteiger partial charge in [0.25, 0.3) is 0 Å². The molecule has 1 aliphatic rings. The van der Waals surface area contributed by atoms with Crippen molar-refractivity contribution in [3.63, 3.8) is 0 Å². The van der Waals surface area contributed by atoms with Gasteiger partial charge < -0.3 is 14.6 Å². The molecule has 1 N–H and O–H groups in total. The number of carboxylic acids is 1. The summed E-state index contributed by atoms with van der Waals surface area (Å²) in [7, 11) is 1.33. The minimum Gasteiger partial charge on any atom is -0.478 e. The van der Waals surface area contributed by atoms with Gasteiger partial charge in [-0.2, -0.15) is 0 Å². The molecule has 0 amide bonds. The number of carboxylic acid groups (broad SMARTS) is 1. The molecule has 21 heavy (non-hydrogen) atoms. The van der Waals surface area contributed by atoms with Crippen molar-refractivity contribution in [1.29, 1.82) is 0 Å². The first-order chi connectivity index (χ1) is 9.67. The highest BCUT2D eigenvalue weighted by atomic mass is 16.5. The molecular formula is C15H22O6. The zero-order valence-corrected chi connectivity index (χ0v) is 12.7. The maximum Gasteiger partial charge on any atom is 0.332 e. The van der Waals surface area contributed by atoms with Gasteiger partial charge in [0.1, 0.15) is 0 Å². The zero-order chi connectivity index (χ0) is 17.0. The van der Waals surface area contributed by atoms with Crippen LogP contribution in [0.5, 0.6) is 0 Å². The van der Waals surface area contributed by atoms with E-state index in [0.29, 0.717) is 17.1 Å².